The molecule has 4 rings (SSSR count). The van der Waals surface area contributed by atoms with Crippen molar-refractivity contribution in [2.24, 2.45) is 7.05 Å². The van der Waals surface area contributed by atoms with E-state index < -0.39 is 17.4 Å². The van der Waals surface area contributed by atoms with E-state index in [0.29, 0.717) is 16.3 Å². The van der Waals surface area contributed by atoms with Gasteiger partial charge in [-0.2, -0.15) is 0 Å². The lowest BCUT2D eigenvalue weighted by Crippen LogP contribution is -2.35. The molecular formula is C24H22ClN5O4. The molecule has 1 atom stereocenters. The van der Waals surface area contributed by atoms with Crippen LogP contribution in [0.25, 0.3) is 0 Å². The summed E-state index contributed by atoms with van der Waals surface area (Å²) in [5.74, 6) is -0.289. The largest absolute Gasteiger partial charge is 0.489 e. The molecule has 3 heterocycles. The average molecular weight is 480 g/mol. The van der Waals surface area contributed by atoms with Crippen molar-refractivity contribution in [2.75, 3.05) is 19.1 Å². The molecule has 34 heavy (non-hydrogen) atoms. The summed E-state index contributed by atoms with van der Waals surface area (Å²) in [6, 6.07) is 12.6. The van der Waals surface area contributed by atoms with E-state index in [1.165, 1.54) is 24.1 Å². The van der Waals surface area contributed by atoms with Gasteiger partial charge in [0.1, 0.15) is 12.3 Å². The van der Waals surface area contributed by atoms with E-state index in [9.17, 15) is 9.59 Å². The molecule has 4 aromatic rings. The molecule has 0 bridgehead atoms. The molecule has 0 aliphatic rings. The number of benzene rings is 1. The second kappa shape index (κ2) is 9.88. The zero-order chi connectivity index (χ0) is 24.2. The highest BCUT2D eigenvalue weighted by Gasteiger charge is 2.29. The standard InChI is InChI=1S/C24H22ClN5O4/c1-29(21(16-8-5-4-6-9-16)19-17(25)10-7-11-26-19)24-28-20(22(33-3)23(32)30(24)2)18(31)12-15-13-27-34-14-15/h4-11,13-14,21H,12H2,1-3H3. The van der Waals surface area contributed by atoms with Crippen molar-refractivity contribution in [1.82, 2.24) is 19.7 Å². The Morgan fingerprint density at radius 1 is 1.24 bits per heavy atom. The average Bonchev–Trinajstić information content (AvgIpc) is 3.35. The molecule has 0 radical (unpaired) electrons. The highest BCUT2D eigenvalue weighted by atomic mass is 35.5. The first-order valence-corrected chi connectivity index (χ1v) is 10.7. The van der Waals surface area contributed by atoms with Crippen molar-refractivity contribution in [3.8, 4) is 5.75 Å². The van der Waals surface area contributed by atoms with Crippen LogP contribution in [0.15, 0.2) is 70.4 Å². The van der Waals surface area contributed by atoms with Gasteiger partial charge in [-0.05, 0) is 17.7 Å². The maximum absolute atomic E-state index is 13.2. The van der Waals surface area contributed by atoms with Crippen LogP contribution < -0.4 is 15.2 Å². The van der Waals surface area contributed by atoms with E-state index >= 15 is 0 Å². The van der Waals surface area contributed by atoms with Gasteiger partial charge in [-0.1, -0.05) is 47.1 Å². The first-order chi connectivity index (χ1) is 16.4. The lowest BCUT2D eigenvalue weighted by Gasteiger charge is -2.31. The summed E-state index contributed by atoms with van der Waals surface area (Å²) in [5.41, 5.74) is 1.46. The number of hydrogen-bond acceptors (Lipinski definition) is 8. The lowest BCUT2D eigenvalue weighted by molar-refractivity contribution is 0.0984. The summed E-state index contributed by atoms with van der Waals surface area (Å²) in [6.45, 7) is 0. The lowest BCUT2D eigenvalue weighted by atomic mass is 10.0. The van der Waals surface area contributed by atoms with Gasteiger partial charge in [0.25, 0.3) is 5.56 Å². The maximum atomic E-state index is 13.2. The highest BCUT2D eigenvalue weighted by Crippen LogP contribution is 2.33. The van der Waals surface area contributed by atoms with Crippen LogP contribution in [-0.2, 0) is 13.5 Å². The third kappa shape index (κ3) is 4.42. The normalized spacial score (nSPS) is 11.8. The molecule has 0 spiro atoms. The highest BCUT2D eigenvalue weighted by molar-refractivity contribution is 6.31. The van der Waals surface area contributed by atoms with Gasteiger partial charge in [-0.15, -0.1) is 0 Å². The van der Waals surface area contributed by atoms with Crippen molar-refractivity contribution in [1.29, 1.82) is 0 Å². The number of pyridine rings is 1. The summed E-state index contributed by atoms with van der Waals surface area (Å²) in [5, 5.41) is 4.08. The van der Waals surface area contributed by atoms with Gasteiger partial charge >= 0.3 is 0 Å². The number of carbonyl (C=O) groups is 1. The van der Waals surface area contributed by atoms with Gasteiger partial charge in [0.05, 0.1) is 24.0 Å². The Bertz CT molecular complexity index is 1360. The smallest absolute Gasteiger partial charge is 0.297 e. The molecule has 10 heteroatoms. The first-order valence-electron chi connectivity index (χ1n) is 10.4. The summed E-state index contributed by atoms with van der Waals surface area (Å²) in [6.07, 6.45) is 4.41. The second-order valence-electron chi connectivity index (χ2n) is 7.59. The third-order valence-electron chi connectivity index (χ3n) is 5.41. The fraction of sp³-hybridized carbons (Fsp3) is 0.208. The number of aromatic nitrogens is 4. The molecule has 0 fully saturated rings. The number of Topliss-reactive ketones (excluding diaryl/α,β-unsaturated/α-hetero) is 1. The number of anilines is 1. The predicted octanol–water partition coefficient (Wildman–Crippen LogP) is 3.48. The number of rotatable bonds is 8. The Balaban J connectivity index is 1.86. The minimum Gasteiger partial charge on any atom is -0.489 e. The summed E-state index contributed by atoms with van der Waals surface area (Å²) < 4.78 is 11.4. The molecule has 174 valence electrons. The Kier molecular flexibility index (Phi) is 6.74. The minimum atomic E-state index is -0.494. The number of methoxy groups -OCH3 is 1. The number of ketones is 1. The van der Waals surface area contributed by atoms with Crippen molar-refractivity contribution < 1.29 is 14.1 Å². The van der Waals surface area contributed by atoms with E-state index in [-0.39, 0.29) is 23.8 Å². The van der Waals surface area contributed by atoms with Crippen LogP contribution >= 0.6 is 11.6 Å². The van der Waals surface area contributed by atoms with Gasteiger partial charge < -0.3 is 14.2 Å². The van der Waals surface area contributed by atoms with Crippen molar-refractivity contribution in [3.05, 3.63) is 99.0 Å². The topological polar surface area (TPSA) is 103 Å². The van der Waals surface area contributed by atoms with Crippen LogP contribution in [0.5, 0.6) is 5.75 Å². The van der Waals surface area contributed by atoms with Gasteiger partial charge in [0.2, 0.25) is 11.7 Å². The zero-order valence-electron chi connectivity index (χ0n) is 18.8. The molecular weight excluding hydrogens is 458 g/mol. The van der Waals surface area contributed by atoms with Gasteiger partial charge in [-0.25, -0.2) is 4.98 Å². The summed E-state index contributed by atoms with van der Waals surface area (Å²) in [7, 11) is 4.67. The Hall–Kier alpha value is -3.98. The van der Waals surface area contributed by atoms with E-state index in [1.807, 2.05) is 30.3 Å². The predicted molar refractivity (Wildman–Crippen MR) is 127 cm³/mol. The summed E-state index contributed by atoms with van der Waals surface area (Å²) >= 11 is 6.51. The number of ether oxygens (including phenoxy) is 1. The van der Waals surface area contributed by atoms with E-state index in [1.54, 1.807) is 37.3 Å². The fourth-order valence-corrected chi connectivity index (χ4v) is 3.98. The van der Waals surface area contributed by atoms with Crippen LogP contribution in [0.3, 0.4) is 0 Å². The van der Waals surface area contributed by atoms with E-state index in [4.69, 9.17) is 20.9 Å². The van der Waals surface area contributed by atoms with Crippen LogP contribution in [0, 0.1) is 0 Å². The molecule has 0 N–H and O–H groups in total. The quantitative estimate of drug-likeness (QED) is 0.354. The number of nitrogens with zero attached hydrogens (tertiary/aromatic N) is 5. The van der Waals surface area contributed by atoms with Crippen LogP contribution in [-0.4, -0.2) is 39.6 Å². The molecule has 0 aliphatic carbocycles. The molecule has 0 aliphatic heterocycles. The van der Waals surface area contributed by atoms with Crippen molar-refractivity contribution >= 4 is 23.3 Å². The Morgan fingerprint density at radius 3 is 2.65 bits per heavy atom. The molecule has 0 amide bonds. The second-order valence-corrected chi connectivity index (χ2v) is 7.99. The molecule has 1 aromatic carbocycles. The molecule has 0 saturated heterocycles. The van der Waals surface area contributed by atoms with Crippen LogP contribution in [0.4, 0.5) is 5.95 Å². The van der Waals surface area contributed by atoms with Gasteiger partial charge in [0, 0.05) is 32.3 Å². The van der Waals surface area contributed by atoms with Crippen molar-refractivity contribution in [2.45, 2.75) is 12.5 Å². The van der Waals surface area contributed by atoms with Crippen LogP contribution in [0.1, 0.15) is 33.4 Å². The molecule has 9 nitrogen and oxygen atoms in total. The SMILES string of the molecule is COc1c(C(=O)Cc2cnoc2)nc(N(C)C(c2ccccc2)c2ncccc2Cl)n(C)c1=O. The molecule has 3 aromatic heterocycles. The Labute approximate surface area is 200 Å². The van der Waals surface area contributed by atoms with Crippen molar-refractivity contribution in [3.63, 3.8) is 0 Å². The maximum Gasteiger partial charge on any atom is 0.297 e. The van der Waals surface area contributed by atoms with Gasteiger partial charge in [0.15, 0.2) is 11.5 Å². The van der Waals surface area contributed by atoms with Crippen LogP contribution in [0.2, 0.25) is 5.02 Å². The molecule has 1 unspecified atom stereocenters. The Morgan fingerprint density at radius 2 is 2.00 bits per heavy atom. The monoisotopic (exact) mass is 479 g/mol. The van der Waals surface area contributed by atoms with Gasteiger partial charge in [-0.3, -0.25) is 19.1 Å². The molecule has 0 saturated carbocycles. The third-order valence-corrected chi connectivity index (χ3v) is 5.73. The zero-order valence-corrected chi connectivity index (χ0v) is 19.6. The number of carbonyl (C=O) groups excluding carboxylic acids is 1. The van der Waals surface area contributed by atoms with E-state index in [2.05, 4.69) is 15.1 Å². The van der Waals surface area contributed by atoms with E-state index in [0.717, 1.165) is 5.56 Å². The number of halogens is 1. The summed E-state index contributed by atoms with van der Waals surface area (Å²) in [4.78, 5) is 37.1. The minimum absolute atomic E-state index is 0.0443. The number of hydrogen-bond donors (Lipinski definition) is 0. The first kappa shape index (κ1) is 23.2. The fourth-order valence-electron chi connectivity index (χ4n) is 3.76.